The summed E-state index contributed by atoms with van der Waals surface area (Å²) >= 11 is 0. The summed E-state index contributed by atoms with van der Waals surface area (Å²) < 4.78 is 0. The largest absolute Gasteiger partial charge is 0.338 e. The highest BCUT2D eigenvalue weighted by molar-refractivity contribution is 5.92. The van der Waals surface area contributed by atoms with Crippen molar-refractivity contribution in [2.45, 2.75) is 40.5 Å². The summed E-state index contributed by atoms with van der Waals surface area (Å²) in [6, 6.07) is 0. The number of carbonyl (C=O) groups excluding carboxylic acids is 4. The first-order valence-corrected chi connectivity index (χ1v) is 7.51. The molecule has 0 aromatic heterocycles. The lowest BCUT2D eigenvalue weighted by Crippen LogP contribution is -2.38. The molecule has 0 unspecified atom stereocenters. The van der Waals surface area contributed by atoms with Crippen LogP contribution in [0.2, 0.25) is 0 Å². The second-order valence-corrected chi connectivity index (χ2v) is 5.41. The molecule has 0 fully saturated rings. The molecule has 2 amide bonds. The Balaban J connectivity index is 0. The van der Waals surface area contributed by atoms with Gasteiger partial charge in [-0.2, -0.15) is 0 Å². The van der Waals surface area contributed by atoms with E-state index in [4.69, 9.17) is 0 Å². The molecule has 0 aliphatic heterocycles. The van der Waals surface area contributed by atoms with Gasteiger partial charge in [0.1, 0.15) is 5.78 Å². The number of carbonyl (C=O) groups is 4. The van der Waals surface area contributed by atoms with Crippen molar-refractivity contribution in [1.82, 2.24) is 10.6 Å². The summed E-state index contributed by atoms with van der Waals surface area (Å²) in [5.41, 5.74) is 0. The maximum absolute atomic E-state index is 11.0. The van der Waals surface area contributed by atoms with E-state index in [-0.39, 0.29) is 41.9 Å². The summed E-state index contributed by atoms with van der Waals surface area (Å²) in [6.45, 7) is 14.0. The molecule has 0 atom stereocenters. The fourth-order valence-electron chi connectivity index (χ4n) is 1.13. The third kappa shape index (κ3) is 14.5. The molecule has 0 aromatic carbocycles. The molecule has 0 aromatic rings. The maximum Gasteiger partial charge on any atom is 0.244 e. The minimum Gasteiger partial charge on any atom is -0.338 e. The fraction of sp³-hybridized carbons (Fsp3) is 0.529. The molecule has 6 nitrogen and oxygen atoms in total. The molecule has 130 valence electrons. The smallest absolute Gasteiger partial charge is 0.244 e. The molecule has 2 N–H and O–H groups in total. The van der Waals surface area contributed by atoms with Gasteiger partial charge in [0, 0.05) is 24.7 Å². The number of amides is 2. The monoisotopic (exact) mass is 324 g/mol. The summed E-state index contributed by atoms with van der Waals surface area (Å²) in [6.07, 6.45) is 3.07. The van der Waals surface area contributed by atoms with Crippen LogP contribution in [0, 0.1) is 11.8 Å². The van der Waals surface area contributed by atoms with Crippen LogP contribution in [-0.2, 0) is 19.2 Å². The zero-order valence-electron chi connectivity index (χ0n) is 14.5. The van der Waals surface area contributed by atoms with Crippen molar-refractivity contribution in [2.24, 2.45) is 11.8 Å². The van der Waals surface area contributed by atoms with Gasteiger partial charge >= 0.3 is 0 Å². The average molecular weight is 324 g/mol. The predicted octanol–water partition coefficient (Wildman–Crippen LogP) is 1.77. The maximum atomic E-state index is 11.0. The zero-order chi connectivity index (χ0) is 18.4. The lowest BCUT2D eigenvalue weighted by Gasteiger charge is -2.07. The second-order valence-electron chi connectivity index (χ2n) is 5.41. The van der Waals surface area contributed by atoms with E-state index >= 15 is 0 Å². The van der Waals surface area contributed by atoms with Crippen LogP contribution in [0.5, 0.6) is 0 Å². The van der Waals surface area contributed by atoms with Crippen LogP contribution in [0.15, 0.2) is 25.3 Å². The fourth-order valence-corrected chi connectivity index (χ4v) is 1.13. The molecular weight excluding hydrogens is 296 g/mol. The van der Waals surface area contributed by atoms with Gasteiger partial charge in [-0.25, -0.2) is 0 Å². The van der Waals surface area contributed by atoms with E-state index in [2.05, 4.69) is 23.8 Å². The zero-order valence-corrected chi connectivity index (χ0v) is 14.5. The Labute approximate surface area is 138 Å². The van der Waals surface area contributed by atoms with Gasteiger partial charge in [0.05, 0.1) is 6.67 Å². The topological polar surface area (TPSA) is 92.3 Å². The van der Waals surface area contributed by atoms with E-state index < -0.39 is 0 Å². The van der Waals surface area contributed by atoms with Crippen LogP contribution < -0.4 is 10.6 Å². The third-order valence-corrected chi connectivity index (χ3v) is 2.72. The van der Waals surface area contributed by atoms with Crippen LogP contribution >= 0.6 is 0 Å². The second kappa shape index (κ2) is 13.4. The number of ketones is 2. The minimum atomic E-state index is -0.293. The first kappa shape index (κ1) is 23.0. The summed E-state index contributed by atoms with van der Waals surface area (Å²) in [5, 5.41) is 4.96. The van der Waals surface area contributed by atoms with Gasteiger partial charge in [0.2, 0.25) is 11.8 Å². The lowest BCUT2D eigenvalue weighted by molar-refractivity contribution is -0.124. The van der Waals surface area contributed by atoms with Gasteiger partial charge in [-0.05, 0) is 12.2 Å². The van der Waals surface area contributed by atoms with Crippen LogP contribution in [0.25, 0.3) is 0 Å². The molecule has 0 radical (unpaired) electrons. The number of allylic oxidation sites excluding steroid dienone is 1. The van der Waals surface area contributed by atoms with Crippen molar-refractivity contribution in [3.05, 3.63) is 25.3 Å². The molecule has 6 heteroatoms. The number of hydrogen-bond donors (Lipinski definition) is 2. The molecule has 0 spiro atoms. The molecule has 0 aliphatic carbocycles. The summed E-state index contributed by atoms with van der Waals surface area (Å²) in [7, 11) is 0. The van der Waals surface area contributed by atoms with Crippen molar-refractivity contribution in [3.8, 4) is 0 Å². The highest BCUT2D eigenvalue weighted by atomic mass is 16.2. The van der Waals surface area contributed by atoms with Gasteiger partial charge in [0.15, 0.2) is 5.78 Å². The normalized spacial score (nSPS) is 9.48. The van der Waals surface area contributed by atoms with Crippen molar-refractivity contribution >= 4 is 23.4 Å². The molecule has 0 saturated heterocycles. The van der Waals surface area contributed by atoms with Crippen LogP contribution in [-0.4, -0.2) is 30.0 Å². The van der Waals surface area contributed by atoms with E-state index in [1.807, 2.05) is 13.8 Å². The van der Waals surface area contributed by atoms with Gasteiger partial charge in [-0.15, -0.1) is 0 Å². The third-order valence-electron chi connectivity index (χ3n) is 2.72. The standard InChI is InChI=1S/C9H14O2.C8H14N2O2/c1-4-8(10)5-6-9(11)7(2)3;1-4-7(11)9-5-10-8(12)6(2)3/h4,7H,1,5-6H2,2-3H3;4,6H,1,5H2,2-3H3,(H,9,11)(H,10,12). The Morgan fingerprint density at radius 2 is 1.43 bits per heavy atom. The number of nitrogens with one attached hydrogen (secondary N) is 2. The molecule has 0 bridgehead atoms. The Morgan fingerprint density at radius 1 is 0.870 bits per heavy atom. The highest BCUT2D eigenvalue weighted by Gasteiger charge is 2.08. The molecule has 0 aliphatic rings. The molecular formula is C17H28N2O4. The molecule has 0 saturated carbocycles. The predicted molar refractivity (Wildman–Crippen MR) is 90.5 cm³/mol. The SMILES string of the molecule is C=CC(=O)CCC(=O)C(C)C.C=CC(=O)NCNC(=O)C(C)C. The molecule has 0 rings (SSSR count). The Morgan fingerprint density at radius 3 is 1.83 bits per heavy atom. The summed E-state index contributed by atoms with van der Waals surface area (Å²) in [5.74, 6) is -0.323. The van der Waals surface area contributed by atoms with Crippen molar-refractivity contribution in [2.75, 3.05) is 6.67 Å². The Kier molecular flexibility index (Phi) is 13.4. The highest BCUT2D eigenvalue weighted by Crippen LogP contribution is 2.02. The van der Waals surface area contributed by atoms with Crippen molar-refractivity contribution in [1.29, 1.82) is 0 Å². The Bertz CT molecular complexity index is 440. The molecule has 0 heterocycles. The quantitative estimate of drug-likeness (QED) is 0.499. The van der Waals surface area contributed by atoms with E-state index in [1.165, 1.54) is 6.08 Å². The van der Waals surface area contributed by atoms with E-state index in [1.54, 1.807) is 13.8 Å². The lowest BCUT2D eigenvalue weighted by atomic mass is 10.0. The van der Waals surface area contributed by atoms with Gasteiger partial charge in [-0.1, -0.05) is 40.9 Å². The number of hydrogen-bond acceptors (Lipinski definition) is 4. The minimum absolute atomic E-state index is 0.0348. The van der Waals surface area contributed by atoms with E-state index in [0.717, 1.165) is 6.08 Å². The average Bonchev–Trinajstić information content (AvgIpc) is 2.51. The van der Waals surface area contributed by atoms with E-state index in [0.29, 0.717) is 12.8 Å². The first-order chi connectivity index (χ1) is 10.6. The number of rotatable bonds is 9. The molecule has 23 heavy (non-hydrogen) atoms. The van der Waals surface area contributed by atoms with Crippen molar-refractivity contribution in [3.63, 3.8) is 0 Å². The summed E-state index contributed by atoms with van der Waals surface area (Å²) in [4.78, 5) is 43.2. The van der Waals surface area contributed by atoms with Crippen LogP contribution in [0.1, 0.15) is 40.5 Å². The Hall–Kier alpha value is -2.24. The first-order valence-electron chi connectivity index (χ1n) is 7.51. The van der Waals surface area contributed by atoms with Crippen LogP contribution in [0.4, 0.5) is 0 Å². The van der Waals surface area contributed by atoms with Gasteiger partial charge in [0.25, 0.3) is 0 Å². The van der Waals surface area contributed by atoms with Gasteiger partial charge < -0.3 is 10.6 Å². The number of Topliss-reactive ketones (excluding diaryl/α,β-unsaturated/α-hetero) is 1. The van der Waals surface area contributed by atoms with Crippen molar-refractivity contribution < 1.29 is 19.2 Å². The van der Waals surface area contributed by atoms with Crippen LogP contribution in [0.3, 0.4) is 0 Å². The van der Waals surface area contributed by atoms with Gasteiger partial charge in [-0.3, -0.25) is 19.2 Å². The van der Waals surface area contributed by atoms with E-state index in [9.17, 15) is 19.2 Å².